The minimum Gasteiger partial charge on any atom is -0.458 e. The lowest BCUT2D eigenvalue weighted by atomic mass is 10.1. The SMILES string of the molecule is CCCCCCCCCCCC[N+](C)(C)CCOC(=O)CN1CC(S)N=N1. The smallest absolute Gasteiger partial charge is 0.327 e. The van der Waals surface area contributed by atoms with Gasteiger partial charge in [-0.25, -0.2) is 0 Å². The van der Waals surface area contributed by atoms with E-state index >= 15 is 0 Å². The Bertz CT molecular complexity index is 432. The number of carbonyl (C=O) groups excluding carboxylic acids is 1. The molecule has 1 aliphatic heterocycles. The third-order valence-electron chi connectivity index (χ3n) is 5.07. The van der Waals surface area contributed by atoms with Crippen molar-refractivity contribution in [1.82, 2.24) is 5.01 Å². The summed E-state index contributed by atoms with van der Waals surface area (Å²) in [6.07, 6.45) is 13.6. The molecule has 1 aliphatic rings. The van der Waals surface area contributed by atoms with E-state index in [1.54, 1.807) is 5.01 Å². The van der Waals surface area contributed by atoms with Crippen molar-refractivity contribution in [2.24, 2.45) is 10.3 Å². The Balaban J connectivity index is 1.96. The van der Waals surface area contributed by atoms with Gasteiger partial charge in [-0.15, -0.1) is 12.6 Å². The fourth-order valence-electron chi connectivity index (χ4n) is 3.23. The molecule has 0 amide bonds. The zero-order valence-corrected chi connectivity index (χ0v) is 18.6. The Morgan fingerprint density at radius 3 is 2.19 bits per heavy atom. The number of thiol groups is 1. The van der Waals surface area contributed by atoms with Crippen LogP contribution in [0, 0.1) is 0 Å². The minimum absolute atomic E-state index is 0.130. The fraction of sp³-hybridized carbons (Fsp3) is 0.950. The predicted octanol–water partition coefficient (Wildman–Crippen LogP) is 4.47. The lowest BCUT2D eigenvalue weighted by molar-refractivity contribution is -0.890. The first-order chi connectivity index (χ1) is 12.9. The Morgan fingerprint density at radius 1 is 1.04 bits per heavy atom. The van der Waals surface area contributed by atoms with Crippen molar-refractivity contribution < 1.29 is 14.0 Å². The molecule has 7 heteroatoms. The van der Waals surface area contributed by atoms with Crippen molar-refractivity contribution in [3.8, 4) is 0 Å². The summed E-state index contributed by atoms with van der Waals surface area (Å²) < 4.78 is 6.25. The topological polar surface area (TPSA) is 54.3 Å². The van der Waals surface area contributed by atoms with E-state index in [2.05, 4.69) is 44.0 Å². The Morgan fingerprint density at radius 2 is 1.63 bits per heavy atom. The van der Waals surface area contributed by atoms with Crippen LogP contribution in [-0.4, -0.2) is 67.7 Å². The van der Waals surface area contributed by atoms with Crippen LogP contribution >= 0.6 is 12.6 Å². The van der Waals surface area contributed by atoms with Crippen LogP contribution < -0.4 is 0 Å². The predicted molar refractivity (Wildman–Crippen MR) is 114 cm³/mol. The number of hydrogen-bond acceptors (Lipinski definition) is 6. The van der Waals surface area contributed by atoms with E-state index < -0.39 is 0 Å². The normalized spacial score (nSPS) is 16.9. The molecule has 158 valence electrons. The molecule has 0 spiro atoms. The number of ether oxygens (including phenoxy) is 1. The zero-order valence-electron chi connectivity index (χ0n) is 17.7. The molecule has 6 nitrogen and oxygen atoms in total. The highest BCUT2D eigenvalue weighted by Crippen LogP contribution is 2.12. The Labute approximate surface area is 171 Å². The molecule has 1 heterocycles. The van der Waals surface area contributed by atoms with E-state index in [1.165, 1.54) is 64.2 Å². The molecule has 0 aromatic rings. The fourth-order valence-corrected chi connectivity index (χ4v) is 3.47. The van der Waals surface area contributed by atoms with Crippen LogP contribution in [0.25, 0.3) is 0 Å². The molecule has 0 bridgehead atoms. The number of hydrogen-bond donors (Lipinski definition) is 1. The summed E-state index contributed by atoms with van der Waals surface area (Å²) >= 11 is 4.20. The summed E-state index contributed by atoms with van der Waals surface area (Å²) in [7, 11) is 4.42. The van der Waals surface area contributed by atoms with Crippen molar-refractivity contribution in [1.29, 1.82) is 0 Å². The maximum atomic E-state index is 11.8. The van der Waals surface area contributed by atoms with Crippen LogP contribution in [0.3, 0.4) is 0 Å². The van der Waals surface area contributed by atoms with Gasteiger partial charge < -0.3 is 9.22 Å². The standard InChI is InChI=1S/C20H40N4O2S/c1-4-5-6-7-8-9-10-11-12-13-14-24(2,3)15-16-26-20(25)18-23-17-19(27)21-22-23/h19H,4-18H2,1-3H3/p+1. The van der Waals surface area contributed by atoms with Crippen molar-refractivity contribution in [2.45, 2.75) is 76.5 Å². The second-order valence-electron chi connectivity index (χ2n) is 8.32. The molecule has 0 saturated heterocycles. The molecular formula is C20H41N4O2S+. The number of quaternary nitrogens is 1. The molecule has 0 fully saturated rings. The Kier molecular flexibility index (Phi) is 12.8. The molecule has 0 aromatic carbocycles. The van der Waals surface area contributed by atoms with Crippen molar-refractivity contribution >= 4 is 18.6 Å². The van der Waals surface area contributed by atoms with Gasteiger partial charge in [-0.05, 0) is 12.8 Å². The zero-order chi connectivity index (χ0) is 20.0. The molecule has 1 rings (SSSR count). The van der Waals surface area contributed by atoms with Crippen LogP contribution in [0.1, 0.15) is 71.1 Å². The maximum Gasteiger partial charge on any atom is 0.327 e. The summed E-state index contributed by atoms with van der Waals surface area (Å²) in [6.45, 7) is 5.43. The van der Waals surface area contributed by atoms with Crippen LogP contribution in [0.2, 0.25) is 0 Å². The maximum absolute atomic E-state index is 11.8. The molecule has 0 aromatic heterocycles. The first kappa shape index (κ1) is 24.2. The first-order valence-electron chi connectivity index (χ1n) is 10.7. The number of esters is 1. The lowest BCUT2D eigenvalue weighted by Crippen LogP contribution is -2.43. The highest BCUT2D eigenvalue weighted by molar-refractivity contribution is 7.81. The summed E-state index contributed by atoms with van der Waals surface area (Å²) in [5.41, 5.74) is 0. The second kappa shape index (κ2) is 14.2. The minimum atomic E-state index is -0.240. The van der Waals surface area contributed by atoms with Gasteiger partial charge in [0.25, 0.3) is 0 Å². The van der Waals surface area contributed by atoms with Gasteiger partial charge in [-0.1, -0.05) is 63.5 Å². The summed E-state index contributed by atoms with van der Waals surface area (Å²) in [6, 6.07) is 0. The molecule has 0 N–H and O–H groups in total. The van der Waals surface area contributed by atoms with Crippen LogP contribution in [0.5, 0.6) is 0 Å². The average molecular weight is 402 g/mol. The summed E-state index contributed by atoms with van der Waals surface area (Å²) in [5.74, 6) is -0.240. The molecule has 27 heavy (non-hydrogen) atoms. The van der Waals surface area contributed by atoms with Gasteiger partial charge in [0.1, 0.15) is 25.1 Å². The van der Waals surface area contributed by atoms with E-state index in [9.17, 15) is 4.79 Å². The van der Waals surface area contributed by atoms with Gasteiger partial charge in [0, 0.05) is 0 Å². The monoisotopic (exact) mass is 401 g/mol. The number of nitrogens with zero attached hydrogens (tertiary/aromatic N) is 4. The lowest BCUT2D eigenvalue weighted by Gasteiger charge is -2.29. The summed E-state index contributed by atoms with van der Waals surface area (Å²) in [5, 5.41) is 9.22. The molecular weight excluding hydrogens is 360 g/mol. The van der Waals surface area contributed by atoms with Crippen LogP contribution in [0.15, 0.2) is 10.3 Å². The van der Waals surface area contributed by atoms with Gasteiger partial charge >= 0.3 is 5.97 Å². The van der Waals surface area contributed by atoms with Crippen molar-refractivity contribution in [3.63, 3.8) is 0 Å². The van der Waals surface area contributed by atoms with Crippen LogP contribution in [-0.2, 0) is 9.53 Å². The number of carbonyl (C=O) groups is 1. The highest BCUT2D eigenvalue weighted by Gasteiger charge is 2.20. The third-order valence-corrected chi connectivity index (χ3v) is 5.34. The van der Waals surface area contributed by atoms with E-state index in [0.29, 0.717) is 13.2 Å². The molecule has 0 saturated carbocycles. The van der Waals surface area contributed by atoms with Gasteiger partial charge in [-0.2, -0.15) is 5.11 Å². The number of unbranched alkanes of at least 4 members (excludes halogenated alkanes) is 9. The largest absolute Gasteiger partial charge is 0.458 e. The number of rotatable bonds is 16. The van der Waals surface area contributed by atoms with Crippen molar-refractivity contribution in [3.05, 3.63) is 0 Å². The van der Waals surface area contributed by atoms with E-state index in [4.69, 9.17) is 4.74 Å². The quantitative estimate of drug-likeness (QED) is 0.180. The van der Waals surface area contributed by atoms with Gasteiger partial charge in [-0.3, -0.25) is 9.80 Å². The molecule has 0 aliphatic carbocycles. The van der Waals surface area contributed by atoms with E-state index in [1.807, 2.05) is 0 Å². The van der Waals surface area contributed by atoms with Gasteiger partial charge in [0.15, 0.2) is 0 Å². The van der Waals surface area contributed by atoms with Crippen molar-refractivity contribution in [2.75, 3.05) is 46.9 Å². The average Bonchev–Trinajstić information content (AvgIpc) is 3.01. The third kappa shape index (κ3) is 13.1. The van der Waals surface area contributed by atoms with E-state index in [0.717, 1.165) is 17.6 Å². The Hall–Kier alpha value is -0.820. The highest BCUT2D eigenvalue weighted by atomic mass is 32.1. The second-order valence-corrected chi connectivity index (χ2v) is 8.91. The molecule has 1 unspecified atom stereocenters. The van der Waals surface area contributed by atoms with E-state index in [-0.39, 0.29) is 17.9 Å². The van der Waals surface area contributed by atoms with Gasteiger partial charge in [0.2, 0.25) is 0 Å². The summed E-state index contributed by atoms with van der Waals surface area (Å²) in [4.78, 5) is 11.8. The first-order valence-corrected chi connectivity index (χ1v) is 11.3. The molecule has 1 atom stereocenters. The molecule has 0 radical (unpaired) electrons. The van der Waals surface area contributed by atoms with Gasteiger partial charge in [0.05, 0.1) is 27.2 Å². The van der Waals surface area contributed by atoms with Crippen LogP contribution in [0.4, 0.5) is 0 Å². The number of likely N-dealkylation sites (N-methyl/N-ethyl adjacent to an activating group) is 1.